The Bertz CT molecular complexity index is 920. The van der Waals surface area contributed by atoms with Gasteiger partial charge in [-0.25, -0.2) is 4.39 Å². The van der Waals surface area contributed by atoms with Gasteiger partial charge in [-0.05, 0) is 70.0 Å². The van der Waals surface area contributed by atoms with Crippen LogP contribution in [0.2, 0.25) is 5.02 Å². The molecule has 6 heteroatoms. The van der Waals surface area contributed by atoms with Crippen LogP contribution in [-0.4, -0.2) is 0 Å². The molecule has 0 radical (unpaired) electrons. The average Bonchev–Trinajstić information content (AvgIpc) is 2.62. The van der Waals surface area contributed by atoms with Crippen LogP contribution in [0.4, 0.5) is 10.1 Å². The van der Waals surface area contributed by atoms with E-state index in [-0.39, 0.29) is 5.82 Å². The van der Waals surface area contributed by atoms with Crippen LogP contribution < -0.4 is 10.1 Å². The number of hydrogen-bond acceptors (Lipinski definition) is 2. The lowest BCUT2D eigenvalue weighted by Crippen LogP contribution is -2.04. The van der Waals surface area contributed by atoms with Crippen molar-refractivity contribution in [2.75, 3.05) is 5.32 Å². The number of nitrogens with one attached hydrogen (secondary N) is 1. The van der Waals surface area contributed by atoms with Gasteiger partial charge in [0.1, 0.15) is 18.2 Å². The predicted molar refractivity (Wildman–Crippen MR) is 111 cm³/mol. The Balaban J connectivity index is 1.71. The maximum absolute atomic E-state index is 13.3. The Morgan fingerprint density at radius 1 is 1.00 bits per heavy atom. The lowest BCUT2D eigenvalue weighted by Gasteiger charge is -2.14. The first-order chi connectivity index (χ1) is 12.5. The highest BCUT2D eigenvalue weighted by atomic mass is 79.9. The minimum absolute atomic E-state index is 0.268. The van der Waals surface area contributed by atoms with Crippen molar-refractivity contribution in [1.29, 1.82) is 0 Å². The van der Waals surface area contributed by atoms with Crippen LogP contribution in [0.3, 0.4) is 0 Å². The van der Waals surface area contributed by atoms with Crippen molar-refractivity contribution in [3.05, 3.63) is 91.6 Å². The summed E-state index contributed by atoms with van der Waals surface area (Å²) >= 11 is 13.0. The largest absolute Gasteiger partial charge is 0.489 e. The Labute approximate surface area is 173 Å². The molecule has 0 heterocycles. The van der Waals surface area contributed by atoms with Crippen molar-refractivity contribution in [3.8, 4) is 5.75 Å². The van der Waals surface area contributed by atoms with Crippen LogP contribution in [0.15, 0.2) is 69.6 Å². The fourth-order valence-corrected chi connectivity index (χ4v) is 3.25. The van der Waals surface area contributed by atoms with E-state index < -0.39 is 0 Å². The molecule has 0 atom stereocenters. The van der Waals surface area contributed by atoms with Crippen LogP contribution in [-0.2, 0) is 13.2 Å². The minimum atomic E-state index is -0.268. The first-order valence-corrected chi connectivity index (χ1v) is 9.82. The van der Waals surface area contributed by atoms with Crippen molar-refractivity contribution >= 4 is 49.1 Å². The molecule has 134 valence electrons. The molecule has 0 unspecified atom stereocenters. The molecular formula is C20H15Br2ClFNO. The van der Waals surface area contributed by atoms with Gasteiger partial charge in [0, 0.05) is 26.7 Å². The number of anilines is 1. The van der Waals surface area contributed by atoms with Crippen LogP contribution in [0.25, 0.3) is 0 Å². The molecule has 0 bridgehead atoms. The summed E-state index contributed by atoms with van der Waals surface area (Å²) in [6.07, 6.45) is 0. The van der Waals surface area contributed by atoms with E-state index in [0.29, 0.717) is 18.2 Å². The van der Waals surface area contributed by atoms with Gasteiger partial charge in [-0.3, -0.25) is 0 Å². The summed E-state index contributed by atoms with van der Waals surface area (Å²) in [7, 11) is 0. The van der Waals surface area contributed by atoms with Crippen LogP contribution >= 0.6 is 43.5 Å². The Hall–Kier alpha value is -1.56. The van der Waals surface area contributed by atoms with Gasteiger partial charge in [-0.15, -0.1) is 0 Å². The van der Waals surface area contributed by atoms with Gasteiger partial charge in [0.2, 0.25) is 0 Å². The molecule has 0 aromatic heterocycles. The summed E-state index contributed by atoms with van der Waals surface area (Å²) in [4.78, 5) is 0. The second-order valence-electron chi connectivity index (χ2n) is 5.65. The maximum atomic E-state index is 13.3. The van der Waals surface area contributed by atoms with Crippen LogP contribution in [0.1, 0.15) is 11.1 Å². The van der Waals surface area contributed by atoms with Gasteiger partial charge in [0.25, 0.3) is 0 Å². The van der Waals surface area contributed by atoms with Gasteiger partial charge in [0.05, 0.1) is 5.02 Å². The van der Waals surface area contributed by atoms with Crippen LogP contribution in [0.5, 0.6) is 5.75 Å². The highest BCUT2D eigenvalue weighted by Crippen LogP contribution is 2.28. The lowest BCUT2D eigenvalue weighted by atomic mass is 10.2. The molecule has 0 saturated heterocycles. The SMILES string of the molecule is Fc1cccc(COc2ccc(Br)cc2CNc2ccc(Br)c(Cl)c2)c1. The molecule has 0 aliphatic carbocycles. The van der Waals surface area contributed by atoms with Crippen molar-refractivity contribution in [2.45, 2.75) is 13.2 Å². The van der Waals surface area contributed by atoms with Crippen molar-refractivity contribution in [3.63, 3.8) is 0 Å². The third kappa shape index (κ3) is 5.22. The van der Waals surface area contributed by atoms with Gasteiger partial charge in [0.15, 0.2) is 0 Å². The number of hydrogen-bond donors (Lipinski definition) is 1. The third-order valence-corrected chi connectivity index (χ3v) is 5.43. The van der Waals surface area contributed by atoms with E-state index >= 15 is 0 Å². The molecule has 0 saturated carbocycles. The molecular weight excluding hydrogens is 484 g/mol. The second-order valence-corrected chi connectivity index (χ2v) is 7.83. The lowest BCUT2D eigenvalue weighted by molar-refractivity contribution is 0.302. The molecule has 3 aromatic carbocycles. The van der Waals surface area contributed by atoms with E-state index in [0.717, 1.165) is 31.5 Å². The van der Waals surface area contributed by atoms with Crippen LogP contribution in [0, 0.1) is 5.82 Å². The highest BCUT2D eigenvalue weighted by molar-refractivity contribution is 9.10. The fourth-order valence-electron chi connectivity index (χ4n) is 2.42. The Morgan fingerprint density at radius 2 is 1.85 bits per heavy atom. The third-order valence-electron chi connectivity index (χ3n) is 3.71. The van der Waals surface area contributed by atoms with Gasteiger partial charge < -0.3 is 10.1 Å². The van der Waals surface area contributed by atoms with E-state index in [1.165, 1.54) is 12.1 Å². The summed E-state index contributed by atoms with van der Waals surface area (Å²) in [6, 6.07) is 17.9. The molecule has 3 rings (SSSR count). The summed E-state index contributed by atoms with van der Waals surface area (Å²) < 4.78 is 21.0. The Kier molecular flexibility index (Phi) is 6.57. The zero-order chi connectivity index (χ0) is 18.5. The molecule has 1 N–H and O–H groups in total. The molecule has 0 aliphatic heterocycles. The summed E-state index contributed by atoms with van der Waals surface area (Å²) in [5, 5.41) is 3.98. The van der Waals surface area contributed by atoms with E-state index in [4.69, 9.17) is 16.3 Å². The van der Waals surface area contributed by atoms with Crippen molar-refractivity contribution < 1.29 is 9.13 Å². The number of rotatable bonds is 6. The molecule has 0 spiro atoms. The number of ether oxygens (including phenoxy) is 1. The molecule has 0 aliphatic rings. The van der Waals surface area contributed by atoms with E-state index in [1.54, 1.807) is 6.07 Å². The second kappa shape index (κ2) is 8.89. The zero-order valence-electron chi connectivity index (χ0n) is 13.6. The highest BCUT2D eigenvalue weighted by Gasteiger charge is 2.07. The average molecular weight is 500 g/mol. The zero-order valence-corrected chi connectivity index (χ0v) is 17.5. The summed E-state index contributed by atoms with van der Waals surface area (Å²) in [6.45, 7) is 0.867. The molecule has 26 heavy (non-hydrogen) atoms. The summed E-state index contributed by atoms with van der Waals surface area (Å²) in [5.41, 5.74) is 2.68. The number of halogens is 4. The molecule has 0 amide bonds. The van der Waals surface area contributed by atoms with Gasteiger partial charge in [-0.2, -0.15) is 0 Å². The quantitative estimate of drug-likeness (QED) is 0.387. The smallest absolute Gasteiger partial charge is 0.124 e. The summed E-state index contributed by atoms with van der Waals surface area (Å²) in [5.74, 6) is 0.476. The van der Waals surface area contributed by atoms with Crippen molar-refractivity contribution in [2.24, 2.45) is 0 Å². The monoisotopic (exact) mass is 497 g/mol. The van der Waals surface area contributed by atoms with E-state index in [2.05, 4.69) is 37.2 Å². The number of benzene rings is 3. The fraction of sp³-hybridized carbons (Fsp3) is 0.100. The topological polar surface area (TPSA) is 21.3 Å². The van der Waals surface area contributed by atoms with Crippen molar-refractivity contribution in [1.82, 2.24) is 0 Å². The molecule has 2 nitrogen and oxygen atoms in total. The first kappa shape index (κ1) is 19.2. The van der Waals surface area contributed by atoms with Gasteiger partial charge >= 0.3 is 0 Å². The maximum Gasteiger partial charge on any atom is 0.124 e. The van der Waals surface area contributed by atoms with E-state index in [9.17, 15) is 4.39 Å². The molecule has 0 fully saturated rings. The first-order valence-electron chi connectivity index (χ1n) is 7.86. The van der Waals surface area contributed by atoms with E-state index in [1.807, 2.05) is 42.5 Å². The Morgan fingerprint density at radius 3 is 2.62 bits per heavy atom. The van der Waals surface area contributed by atoms with Gasteiger partial charge in [-0.1, -0.05) is 39.7 Å². The normalized spacial score (nSPS) is 10.6. The molecule has 3 aromatic rings. The standard InChI is InChI=1S/C20H15Br2ClFNO/c21-15-4-7-20(26-12-13-2-1-3-16(24)8-13)14(9-15)11-25-17-5-6-18(22)19(23)10-17/h1-10,25H,11-12H2. The minimum Gasteiger partial charge on any atom is -0.489 e. The predicted octanol–water partition coefficient (Wildman–Crippen LogP) is 7.20.